The number of nitro groups is 1. The summed E-state index contributed by atoms with van der Waals surface area (Å²) in [6.07, 6.45) is 0. The van der Waals surface area contributed by atoms with E-state index in [9.17, 15) is 24.8 Å². The molecule has 2 aromatic carbocycles. The number of methoxy groups -OCH3 is 1. The minimum absolute atomic E-state index is 0.0812. The van der Waals surface area contributed by atoms with Gasteiger partial charge in [0.2, 0.25) is 0 Å². The number of aliphatic hydroxyl groups excluding tert-OH is 1. The topological polar surface area (TPSA) is 136 Å². The molecule has 3 aromatic rings. The molecular weight excluding hydrogens is 418 g/mol. The van der Waals surface area contributed by atoms with Crippen LogP contribution in [0, 0.1) is 17.0 Å². The third kappa shape index (κ3) is 3.47. The van der Waals surface area contributed by atoms with E-state index in [2.05, 4.69) is 5.16 Å². The van der Waals surface area contributed by atoms with Crippen molar-refractivity contribution in [3.63, 3.8) is 0 Å². The molecule has 162 valence electrons. The van der Waals surface area contributed by atoms with Gasteiger partial charge in [-0.15, -0.1) is 0 Å². The molecule has 0 saturated carbocycles. The van der Waals surface area contributed by atoms with Gasteiger partial charge in [0.15, 0.2) is 5.82 Å². The summed E-state index contributed by atoms with van der Waals surface area (Å²) >= 11 is 0. The number of benzene rings is 2. The summed E-state index contributed by atoms with van der Waals surface area (Å²) in [7, 11) is 1.46. The SMILES string of the molecule is COc1cccc(C(O)=C2C(=O)C(=O)N(c3cc(C)on3)[C@@H]2c2ccc([N+](=O)[O-])cc2)c1. The van der Waals surface area contributed by atoms with Crippen LogP contribution in [-0.4, -0.2) is 34.0 Å². The Morgan fingerprint density at radius 2 is 1.91 bits per heavy atom. The van der Waals surface area contributed by atoms with Crippen LogP contribution in [-0.2, 0) is 9.59 Å². The first-order valence-corrected chi connectivity index (χ1v) is 9.45. The number of aryl methyl sites for hydroxylation is 1. The van der Waals surface area contributed by atoms with Gasteiger partial charge in [-0.2, -0.15) is 0 Å². The van der Waals surface area contributed by atoms with Gasteiger partial charge in [-0.05, 0) is 36.8 Å². The van der Waals surface area contributed by atoms with E-state index < -0.39 is 28.4 Å². The molecule has 1 aliphatic rings. The number of nitro benzene ring substituents is 1. The Kier molecular flexibility index (Phi) is 5.19. The number of non-ortho nitro benzene ring substituents is 1. The quantitative estimate of drug-likeness (QED) is 0.211. The van der Waals surface area contributed by atoms with Crippen LogP contribution in [0.2, 0.25) is 0 Å². The number of amides is 1. The summed E-state index contributed by atoms with van der Waals surface area (Å²) in [5.74, 6) is -1.30. The van der Waals surface area contributed by atoms with Crippen LogP contribution in [0.3, 0.4) is 0 Å². The van der Waals surface area contributed by atoms with Crippen LogP contribution in [0.15, 0.2) is 64.7 Å². The molecule has 1 N–H and O–H groups in total. The summed E-state index contributed by atoms with van der Waals surface area (Å²) in [4.78, 5) is 37.6. The van der Waals surface area contributed by atoms with Gasteiger partial charge in [0.1, 0.15) is 17.3 Å². The van der Waals surface area contributed by atoms with Gasteiger partial charge in [0, 0.05) is 23.8 Å². The number of hydrogen-bond acceptors (Lipinski definition) is 8. The lowest BCUT2D eigenvalue weighted by molar-refractivity contribution is -0.384. The molecule has 1 atom stereocenters. The molecule has 10 heteroatoms. The van der Waals surface area contributed by atoms with Gasteiger partial charge in [0.25, 0.3) is 11.5 Å². The van der Waals surface area contributed by atoms with Gasteiger partial charge in [-0.1, -0.05) is 17.3 Å². The van der Waals surface area contributed by atoms with Crippen molar-refractivity contribution in [1.82, 2.24) is 5.16 Å². The maximum Gasteiger partial charge on any atom is 0.301 e. The first-order valence-electron chi connectivity index (χ1n) is 9.45. The molecular formula is C22H17N3O7. The average molecular weight is 435 g/mol. The number of hydrogen-bond donors (Lipinski definition) is 1. The molecule has 1 fully saturated rings. The predicted molar refractivity (Wildman–Crippen MR) is 112 cm³/mol. The molecule has 0 radical (unpaired) electrons. The van der Waals surface area contributed by atoms with Crippen molar-refractivity contribution in [2.75, 3.05) is 12.0 Å². The number of carbonyl (C=O) groups excluding carboxylic acids is 2. The molecule has 0 unspecified atom stereocenters. The fourth-order valence-electron chi connectivity index (χ4n) is 3.56. The highest BCUT2D eigenvalue weighted by molar-refractivity contribution is 6.51. The van der Waals surface area contributed by atoms with Crippen LogP contribution in [0.4, 0.5) is 11.5 Å². The lowest BCUT2D eigenvalue weighted by atomic mass is 9.95. The molecule has 1 amide bonds. The number of Topliss-reactive ketones (excluding diaryl/α,β-unsaturated/α-hetero) is 1. The molecule has 4 rings (SSSR count). The Labute approximate surface area is 181 Å². The number of ether oxygens (including phenoxy) is 1. The minimum atomic E-state index is -1.08. The second-order valence-corrected chi connectivity index (χ2v) is 7.05. The highest BCUT2D eigenvalue weighted by Gasteiger charge is 2.48. The van der Waals surface area contributed by atoms with E-state index >= 15 is 0 Å². The van der Waals surface area contributed by atoms with Gasteiger partial charge >= 0.3 is 5.91 Å². The van der Waals surface area contributed by atoms with Gasteiger partial charge in [0.05, 0.1) is 23.6 Å². The highest BCUT2D eigenvalue weighted by Crippen LogP contribution is 2.42. The van der Waals surface area contributed by atoms with Crippen molar-refractivity contribution >= 4 is 29.0 Å². The van der Waals surface area contributed by atoms with Crippen molar-refractivity contribution < 1.29 is 28.9 Å². The molecule has 0 bridgehead atoms. The first kappa shape index (κ1) is 20.8. The standard InChI is InChI=1S/C22H17N3O7/c1-12-10-17(23-32-12)24-19(13-6-8-15(9-7-13)25(29)30)18(21(27)22(24)28)20(26)14-4-3-5-16(11-14)31-2/h3-11,19,26H,1-2H3/t19-/m1/s1. The third-order valence-corrected chi connectivity index (χ3v) is 5.07. The van der Waals surface area contributed by atoms with Gasteiger partial charge in [-0.3, -0.25) is 24.6 Å². The van der Waals surface area contributed by atoms with Gasteiger partial charge in [-0.25, -0.2) is 0 Å². The smallest absolute Gasteiger partial charge is 0.301 e. The Balaban J connectivity index is 1.93. The minimum Gasteiger partial charge on any atom is -0.507 e. The van der Waals surface area contributed by atoms with Crippen molar-refractivity contribution in [2.24, 2.45) is 0 Å². The molecule has 0 spiro atoms. The van der Waals surface area contributed by atoms with E-state index in [0.717, 1.165) is 4.90 Å². The lowest BCUT2D eigenvalue weighted by Crippen LogP contribution is -2.29. The number of rotatable bonds is 5. The predicted octanol–water partition coefficient (Wildman–Crippen LogP) is 3.53. The van der Waals surface area contributed by atoms with Crippen LogP contribution in [0.1, 0.15) is 22.9 Å². The zero-order valence-corrected chi connectivity index (χ0v) is 17.0. The molecule has 1 aromatic heterocycles. The lowest BCUT2D eigenvalue weighted by Gasteiger charge is -2.22. The van der Waals surface area contributed by atoms with Crippen molar-refractivity contribution in [2.45, 2.75) is 13.0 Å². The van der Waals surface area contributed by atoms with Crippen molar-refractivity contribution in [3.05, 3.63) is 87.2 Å². The van der Waals surface area contributed by atoms with Crippen LogP contribution >= 0.6 is 0 Å². The second-order valence-electron chi connectivity index (χ2n) is 7.05. The maximum absolute atomic E-state index is 13.0. The highest BCUT2D eigenvalue weighted by atomic mass is 16.6. The Hall–Kier alpha value is -4.47. The van der Waals surface area contributed by atoms with Crippen LogP contribution in [0.25, 0.3) is 5.76 Å². The first-order chi connectivity index (χ1) is 15.3. The van der Waals surface area contributed by atoms with Crippen LogP contribution in [0.5, 0.6) is 5.75 Å². The summed E-state index contributed by atoms with van der Waals surface area (Å²) < 4.78 is 10.2. The van der Waals surface area contributed by atoms with Crippen molar-refractivity contribution in [3.8, 4) is 5.75 Å². The maximum atomic E-state index is 13.0. The number of nitrogens with zero attached hydrogens (tertiary/aromatic N) is 3. The van der Waals surface area contributed by atoms with E-state index in [1.54, 1.807) is 25.1 Å². The average Bonchev–Trinajstić information content (AvgIpc) is 3.34. The zero-order chi connectivity index (χ0) is 23.0. The van der Waals surface area contributed by atoms with E-state index in [4.69, 9.17) is 9.26 Å². The van der Waals surface area contributed by atoms with E-state index in [1.165, 1.54) is 43.5 Å². The Morgan fingerprint density at radius 1 is 1.19 bits per heavy atom. The molecule has 1 saturated heterocycles. The van der Waals surface area contributed by atoms with Crippen molar-refractivity contribution in [1.29, 1.82) is 0 Å². The van der Waals surface area contributed by atoms with E-state index in [-0.39, 0.29) is 22.6 Å². The summed E-state index contributed by atoms with van der Waals surface area (Å²) in [6.45, 7) is 1.63. The summed E-state index contributed by atoms with van der Waals surface area (Å²) in [6, 6.07) is 12.2. The number of anilines is 1. The third-order valence-electron chi connectivity index (χ3n) is 5.07. The molecule has 0 aliphatic carbocycles. The number of aromatic nitrogens is 1. The van der Waals surface area contributed by atoms with Gasteiger partial charge < -0.3 is 14.4 Å². The molecule has 32 heavy (non-hydrogen) atoms. The fraction of sp³-hybridized carbons (Fsp3) is 0.136. The molecule has 1 aliphatic heterocycles. The van der Waals surface area contributed by atoms with Crippen LogP contribution < -0.4 is 9.64 Å². The summed E-state index contributed by atoms with van der Waals surface area (Å²) in [5, 5.41) is 25.9. The molecule has 2 heterocycles. The van der Waals surface area contributed by atoms with E-state index in [1.807, 2.05) is 0 Å². The Morgan fingerprint density at radius 3 is 2.50 bits per heavy atom. The number of carbonyl (C=O) groups is 2. The summed E-state index contributed by atoms with van der Waals surface area (Å²) in [5.41, 5.74) is 0.305. The number of ketones is 1. The number of aliphatic hydroxyl groups is 1. The fourth-order valence-corrected chi connectivity index (χ4v) is 3.56. The monoisotopic (exact) mass is 435 g/mol. The largest absolute Gasteiger partial charge is 0.507 e. The zero-order valence-electron chi connectivity index (χ0n) is 17.0. The Bertz CT molecular complexity index is 1260. The second kappa shape index (κ2) is 7.99. The van der Waals surface area contributed by atoms with E-state index in [0.29, 0.717) is 17.1 Å². The normalized spacial score (nSPS) is 17.6. The molecule has 10 nitrogen and oxygen atoms in total.